The van der Waals surface area contributed by atoms with Crippen LogP contribution < -0.4 is 0 Å². The first-order valence-electron chi connectivity index (χ1n) is 6.71. The van der Waals surface area contributed by atoms with Crippen LogP contribution in [0.15, 0.2) is 0 Å². The van der Waals surface area contributed by atoms with E-state index in [1.54, 1.807) is 4.90 Å². The van der Waals surface area contributed by atoms with Gasteiger partial charge in [0.05, 0.1) is 12.0 Å². The Balaban J connectivity index is 2.71. The van der Waals surface area contributed by atoms with E-state index in [0.29, 0.717) is 26.1 Å². The Labute approximate surface area is 109 Å². The minimum Gasteiger partial charge on any atom is -0.481 e. The van der Waals surface area contributed by atoms with Crippen LogP contribution in [0.4, 0.5) is 0 Å². The van der Waals surface area contributed by atoms with Crippen LogP contribution in [0.1, 0.15) is 34.1 Å². The Morgan fingerprint density at radius 2 is 1.94 bits per heavy atom. The fourth-order valence-corrected chi connectivity index (χ4v) is 2.78. The van der Waals surface area contributed by atoms with Crippen LogP contribution in [0.2, 0.25) is 0 Å². The number of likely N-dealkylation sites (tertiary alicyclic amines) is 1. The SMILES string of the molecule is CCN(CC)C(=O)C(C)N1CCC(C(=O)O)C1C. The van der Waals surface area contributed by atoms with Crippen molar-refractivity contribution in [2.75, 3.05) is 19.6 Å². The number of amides is 1. The highest BCUT2D eigenvalue weighted by molar-refractivity contribution is 5.81. The highest BCUT2D eigenvalue weighted by atomic mass is 16.4. The Hall–Kier alpha value is -1.10. The molecule has 1 rings (SSSR count). The predicted octanol–water partition coefficient (Wildman–Crippen LogP) is 1.04. The van der Waals surface area contributed by atoms with Crippen LogP contribution in [0, 0.1) is 5.92 Å². The third-order valence-electron chi connectivity index (χ3n) is 4.05. The van der Waals surface area contributed by atoms with E-state index < -0.39 is 5.97 Å². The summed E-state index contributed by atoms with van der Waals surface area (Å²) in [5, 5.41) is 9.10. The molecular weight excluding hydrogens is 232 g/mol. The van der Waals surface area contributed by atoms with Gasteiger partial charge in [0, 0.05) is 25.7 Å². The third kappa shape index (κ3) is 2.83. The molecule has 0 aromatic carbocycles. The van der Waals surface area contributed by atoms with Crippen LogP contribution in [0.25, 0.3) is 0 Å². The number of carbonyl (C=O) groups is 2. The smallest absolute Gasteiger partial charge is 0.308 e. The normalized spacial score (nSPS) is 26.0. The Morgan fingerprint density at radius 3 is 2.33 bits per heavy atom. The number of hydrogen-bond donors (Lipinski definition) is 1. The summed E-state index contributed by atoms with van der Waals surface area (Å²) in [6.07, 6.45) is 0.631. The molecule has 5 nitrogen and oxygen atoms in total. The van der Waals surface area contributed by atoms with E-state index in [1.165, 1.54) is 0 Å². The zero-order valence-electron chi connectivity index (χ0n) is 11.7. The van der Waals surface area contributed by atoms with Gasteiger partial charge >= 0.3 is 5.97 Å². The van der Waals surface area contributed by atoms with Gasteiger partial charge in [0.2, 0.25) is 5.91 Å². The van der Waals surface area contributed by atoms with Gasteiger partial charge in [0.15, 0.2) is 0 Å². The minimum absolute atomic E-state index is 0.0722. The molecule has 3 unspecified atom stereocenters. The number of rotatable bonds is 5. The molecule has 0 aromatic rings. The summed E-state index contributed by atoms with van der Waals surface area (Å²) in [5.74, 6) is -1.01. The van der Waals surface area contributed by atoms with Gasteiger partial charge in [-0.3, -0.25) is 14.5 Å². The van der Waals surface area contributed by atoms with E-state index >= 15 is 0 Å². The lowest BCUT2D eigenvalue weighted by atomic mass is 10.0. The van der Waals surface area contributed by atoms with Crippen molar-refractivity contribution >= 4 is 11.9 Å². The predicted molar refractivity (Wildman–Crippen MR) is 69.3 cm³/mol. The van der Waals surface area contributed by atoms with E-state index in [9.17, 15) is 9.59 Å². The van der Waals surface area contributed by atoms with Gasteiger partial charge in [-0.05, 0) is 34.1 Å². The second kappa shape index (κ2) is 6.18. The molecule has 3 atom stereocenters. The zero-order chi connectivity index (χ0) is 13.9. The maximum Gasteiger partial charge on any atom is 0.308 e. The molecule has 0 radical (unpaired) electrons. The van der Waals surface area contributed by atoms with Gasteiger partial charge in [0.1, 0.15) is 0 Å². The second-order valence-corrected chi connectivity index (χ2v) is 4.90. The van der Waals surface area contributed by atoms with Crippen molar-refractivity contribution in [2.45, 2.75) is 46.2 Å². The Morgan fingerprint density at radius 1 is 1.39 bits per heavy atom. The van der Waals surface area contributed by atoms with Crippen LogP contribution in [0.5, 0.6) is 0 Å². The largest absolute Gasteiger partial charge is 0.481 e. The Kier molecular flexibility index (Phi) is 5.14. The van der Waals surface area contributed by atoms with Crippen molar-refractivity contribution < 1.29 is 14.7 Å². The van der Waals surface area contributed by atoms with Gasteiger partial charge in [-0.25, -0.2) is 0 Å². The molecule has 1 saturated heterocycles. The minimum atomic E-state index is -0.757. The number of carbonyl (C=O) groups excluding carboxylic acids is 1. The Bertz CT molecular complexity index is 315. The van der Waals surface area contributed by atoms with E-state index in [2.05, 4.69) is 0 Å². The average Bonchev–Trinajstić information content (AvgIpc) is 2.71. The summed E-state index contributed by atoms with van der Waals surface area (Å²) in [7, 11) is 0. The van der Waals surface area contributed by atoms with E-state index in [-0.39, 0.29) is 23.9 Å². The van der Waals surface area contributed by atoms with Crippen LogP contribution in [-0.4, -0.2) is 58.5 Å². The highest BCUT2D eigenvalue weighted by Gasteiger charge is 2.40. The number of carboxylic acid groups (broad SMARTS) is 1. The lowest BCUT2D eigenvalue weighted by Crippen LogP contribution is -2.49. The summed E-state index contributed by atoms with van der Waals surface area (Å²) in [5.41, 5.74) is 0. The van der Waals surface area contributed by atoms with Crippen molar-refractivity contribution in [1.82, 2.24) is 9.80 Å². The summed E-state index contributed by atoms with van der Waals surface area (Å²) >= 11 is 0. The van der Waals surface area contributed by atoms with Gasteiger partial charge in [-0.2, -0.15) is 0 Å². The fraction of sp³-hybridized carbons (Fsp3) is 0.846. The lowest BCUT2D eigenvalue weighted by molar-refractivity contribution is -0.144. The van der Waals surface area contributed by atoms with Crippen molar-refractivity contribution in [3.63, 3.8) is 0 Å². The first-order valence-corrected chi connectivity index (χ1v) is 6.71. The molecule has 0 aromatic heterocycles. The standard InChI is InChI=1S/C13H24N2O3/c1-5-14(6-2)12(16)10(4)15-8-7-11(9(15)3)13(17)18/h9-11H,5-8H2,1-4H3,(H,17,18). The van der Waals surface area contributed by atoms with Gasteiger partial charge < -0.3 is 10.0 Å². The van der Waals surface area contributed by atoms with Gasteiger partial charge in [-0.1, -0.05) is 0 Å². The molecule has 1 aliphatic rings. The highest BCUT2D eigenvalue weighted by Crippen LogP contribution is 2.26. The summed E-state index contributed by atoms with van der Waals surface area (Å²) in [6.45, 7) is 9.78. The molecule has 1 N–H and O–H groups in total. The number of carboxylic acids is 1. The molecule has 1 fully saturated rings. The van der Waals surface area contributed by atoms with Crippen molar-refractivity contribution in [2.24, 2.45) is 5.92 Å². The summed E-state index contributed by atoms with van der Waals surface area (Å²) < 4.78 is 0. The monoisotopic (exact) mass is 256 g/mol. The molecule has 104 valence electrons. The molecule has 0 bridgehead atoms. The molecular formula is C13H24N2O3. The summed E-state index contributed by atoms with van der Waals surface area (Å²) in [6, 6.07) is -0.304. The van der Waals surface area contributed by atoms with Crippen LogP contribution >= 0.6 is 0 Å². The maximum absolute atomic E-state index is 12.3. The molecule has 0 aliphatic carbocycles. The molecule has 1 amide bonds. The number of nitrogens with zero attached hydrogens (tertiary/aromatic N) is 2. The molecule has 18 heavy (non-hydrogen) atoms. The quantitative estimate of drug-likeness (QED) is 0.798. The zero-order valence-corrected chi connectivity index (χ0v) is 11.7. The van der Waals surface area contributed by atoms with E-state index in [1.807, 2.05) is 32.6 Å². The topological polar surface area (TPSA) is 60.9 Å². The number of hydrogen-bond acceptors (Lipinski definition) is 3. The van der Waals surface area contributed by atoms with E-state index in [0.717, 1.165) is 0 Å². The van der Waals surface area contributed by atoms with Crippen molar-refractivity contribution in [3.05, 3.63) is 0 Å². The van der Waals surface area contributed by atoms with Crippen molar-refractivity contribution in [3.8, 4) is 0 Å². The fourth-order valence-electron chi connectivity index (χ4n) is 2.78. The average molecular weight is 256 g/mol. The van der Waals surface area contributed by atoms with E-state index in [4.69, 9.17) is 5.11 Å². The summed E-state index contributed by atoms with van der Waals surface area (Å²) in [4.78, 5) is 27.1. The van der Waals surface area contributed by atoms with Crippen LogP contribution in [0.3, 0.4) is 0 Å². The first kappa shape index (κ1) is 15.0. The third-order valence-corrected chi connectivity index (χ3v) is 4.05. The number of aliphatic carboxylic acids is 1. The molecule has 5 heteroatoms. The first-order chi connectivity index (χ1) is 8.43. The van der Waals surface area contributed by atoms with Gasteiger partial charge in [0.25, 0.3) is 0 Å². The van der Waals surface area contributed by atoms with Crippen molar-refractivity contribution in [1.29, 1.82) is 0 Å². The molecule has 1 aliphatic heterocycles. The second-order valence-electron chi connectivity index (χ2n) is 4.90. The number of likely N-dealkylation sites (N-methyl/N-ethyl adjacent to an activating group) is 1. The molecule has 1 heterocycles. The molecule has 0 spiro atoms. The van der Waals surface area contributed by atoms with Crippen LogP contribution in [-0.2, 0) is 9.59 Å². The maximum atomic E-state index is 12.3. The molecule has 0 saturated carbocycles. The van der Waals surface area contributed by atoms with Gasteiger partial charge in [-0.15, -0.1) is 0 Å². The lowest BCUT2D eigenvalue weighted by Gasteiger charge is -2.32.